The van der Waals surface area contributed by atoms with E-state index in [2.05, 4.69) is 26.1 Å². The van der Waals surface area contributed by atoms with Crippen molar-refractivity contribution in [3.8, 4) is 0 Å². The third-order valence-corrected chi connectivity index (χ3v) is 4.82. The number of benzene rings is 2. The summed E-state index contributed by atoms with van der Waals surface area (Å²) in [6.45, 7) is 5.25. The number of anilines is 1. The third kappa shape index (κ3) is 4.92. The standard InChI is InChI=1S/C23H24N2O5/c1-23(2,3)16-8-10-17(11-9-16)24-19(26)14-30-21(28)13-25-20(27)12-15-6-4-5-7-18(15)22(25)29/h4-11H,12-14H2,1-3H3,(H,24,26). The molecule has 0 bridgehead atoms. The maximum Gasteiger partial charge on any atom is 0.326 e. The molecule has 0 saturated heterocycles. The predicted octanol–water partition coefficient (Wildman–Crippen LogP) is 2.69. The Kier molecular flexibility index (Phi) is 6.01. The lowest BCUT2D eigenvalue weighted by molar-refractivity contribution is -0.150. The highest BCUT2D eigenvalue weighted by molar-refractivity contribution is 6.11. The second-order valence-corrected chi connectivity index (χ2v) is 8.16. The fraction of sp³-hybridized carbons (Fsp3) is 0.304. The fourth-order valence-corrected chi connectivity index (χ4v) is 3.13. The van der Waals surface area contributed by atoms with Gasteiger partial charge in [-0.05, 0) is 34.7 Å². The number of hydrogen-bond acceptors (Lipinski definition) is 5. The van der Waals surface area contributed by atoms with Crippen molar-refractivity contribution in [3.05, 3.63) is 65.2 Å². The van der Waals surface area contributed by atoms with E-state index in [4.69, 9.17) is 4.74 Å². The molecule has 3 rings (SSSR count). The summed E-state index contributed by atoms with van der Waals surface area (Å²) in [6, 6.07) is 14.2. The molecule has 1 aliphatic heterocycles. The van der Waals surface area contributed by atoms with Crippen molar-refractivity contribution in [1.29, 1.82) is 0 Å². The first-order chi connectivity index (χ1) is 14.1. The number of ether oxygens (including phenoxy) is 1. The summed E-state index contributed by atoms with van der Waals surface area (Å²) >= 11 is 0. The van der Waals surface area contributed by atoms with E-state index in [0.29, 0.717) is 16.8 Å². The molecule has 3 amide bonds. The molecule has 30 heavy (non-hydrogen) atoms. The maximum atomic E-state index is 12.5. The van der Waals surface area contributed by atoms with Crippen LogP contribution >= 0.6 is 0 Å². The fourth-order valence-electron chi connectivity index (χ4n) is 3.13. The van der Waals surface area contributed by atoms with Crippen molar-refractivity contribution >= 4 is 29.4 Å². The molecule has 0 spiro atoms. The number of amides is 3. The minimum atomic E-state index is -0.825. The van der Waals surface area contributed by atoms with Crippen LogP contribution in [0.5, 0.6) is 0 Å². The molecule has 0 saturated carbocycles. The molecule has 7 heteroatoms. The molecule has 1 aliphatic rings. The molecule has 0 aromatic heterocycles. The van der Waals surface area contributed by atoms with Gasteiger partial charge in [0.25, 0.3) is 11.8 Å². The predicted molar refractivity (Wildman–Crippen MR) is 111 cm³/mol. The minimum absolute atomic E-state index is 0.00189. The first-order valence-electron chi connectivity index (χ1n) is 9.64. The molecule has 2 aromatic rings. The SMILES string of the molecule is CC(C)(C)c1ccc(NC(=O)COC(=O)CN2C(=O)Cc3ccccc3C2=O)cc1. The quantitative estimate of drug-likeness (QED) is 0.607. The average Bonchev–Trinajstić information content (AvgIpc) is 2.69. The number of rotatable bonds is 5. The van der Waals surface area contributed by atoms with E-state index in [9.17, 15) is 19.2 Å². The summed E-state index contributed by atoms with van der Waals surface area (Å²) < 4.78 is 4.94. The Labute approximate surface area is 175 Å². The van der Waals surface area contributed by atoms with Gasteiger partial charge in [-0.2, -0.15) is 0 Å². The third-order valence-electron chi connectivity index (χ3n) is 4.82. The number of nitrogens with zero attached hydrogens (tertiary/aromatic N) is 1. The number of esters is 1. The van der Waals surface area contributed by atoms with E-state index in [0.717, 1.165) is 10.5 Å². The van der Waals surface area contributed by atoms with Crippen molar-refractivity contribution < 1.29 is 23.9 Å². The number of imide groups is 1. The van der Waals surface area contributed by atoms with Crippen LogP contribution in [0.3, 0.4) is 0 Å². The second kappa shape index (κ2) is 8.49. The molecule has 0 radical (unpaired) electrons. The van der Waals surface area contributed by atoms with E-state index in [-0.39, 0.29) is 11.8 Å². The van der Waals surface area contributed by atoms with Gasteiger partial charge in [-0.3, -0.25) is 24.1 Å². The zero-order valence-corrected chi connectivity index (χ0v) is 17.2. The zero-order valence-electron chi connectivity index (χ0n) is 17.2. The van der Waals surface area contributed by atoms with E-state index < -0.39 is 36.8 Å². The van der Waals surface area contributed by atoms with E-state index in [1.54, 1.807) is 36.4 Å². The van der Waals surface area contributed by atoms with Crippen molar-refractivity contribution in [2.24, 2.45) is 0 Å². The van der Waals surface area contributed by atoms with Crippen molar-refractivity contribution in [1.82, 2.24) is 4.90 Å². The number of carbonyl (C=O) groups is 4. The molecular formula is C23H24N2O5. The molecule has 0 fully saturated rings. The van der Waals surface area contributed by atoms with Gasteiger partial charge < -0.3 is 10.1 Å². The molecule has 0 aliphatic carbocycles. The smallest absolute Gasteiger partial charge is 0.326 e. The van der Waals surface area contributed by atoms with Crippen LogP contribution in [0, 0.1) is 0 Å². The molecule has 7 nitrogen and oxygen atoms in total. The highest BCUT2D eigenvalue weighted by atomic mass is 16.5. The summed E-state index contributed by atoms with van der Waals surface area (Å²) in [4.78, 5) is 49.6. The van der Waals surface area contributed by atoms with Crippen LogP contribution in [0.15, 0.2) is 48.5 Å². The largest absolute Gasteiger partial charge is 0.454 e. The van der Waals surface area contributed by atoms with Crippen LogP contribution in [-0.4, -0.2) is 41.7 Å². The van der Waals surface area contributed by atoms with Gasteiger partial charge in [-0.15, -0.1) is 0 Å². The van der Waals surface area contributed by atoms with Crippen molar-refractivity contribution in [2.75, 3.05) is 18.5 Å². The van der Waals surface area contributed by atoms with Crippen LogP contribution in [0.4, 0.5) is 5.69 Å². The summed E-state index contributed by atoms with van der Waals surface area (Å²) in [5.41, 5.74) is 2.74. The molecular weight excluding hydrogens is 384 g/mol. The van der Waals surface area contributed by atoms with E-state index in [1.165, 1.54) is 0 Å². The maximum absolute atomic E-state index is 12.5. The summed E-state index contributed by atoms with van der Waals surface area (Å²) in [5, 5.41) is 2.65. The molecule has 156 valence electrons. The van der Waals surface area contributed by atoms with E-state index >= 15 is 0 Å². The molecule has 1 heterocycles. The van der Waals surface area contributed by atoms with Gasteiger partial charge in [-0.25, -0.2) is 0 Å². The molecule has 0 atom stereocenters. The Hall–Kier alpha value is -3.48. The van der Waals surface area contributed by atoms with Crippen LogP contribution in [0.25, 0.3) is 0 Å². The first-order valence-corrected chi connectivity index (χ1v) is 9.64. The molecule has 2 aromatic carbocycles. The van der Waals surface area contributed by atoms with Gasteiger partial charge >= 0.3 is 5.97 Å². The van der Waals surface area contributed by atoms with Gasteiger partial charge in [0.15, 0.2) is 6.61 Å². The van der Waals surface area contributed by atoms with Crippen LogP contribution < -0.4 is 5.32 Å². The van der Waals surface area contributed by atoms with Crippen molar-refractivity contribution in [2.45, 2.75) is 32.6 Å². The summed E-state index contributed by atoms with van der Waals surface area (Å²) in [5.74, 6) is -2.34. The highest BCUT2D eigenvalue weighted by Gasteiger charge is 2.32. The first kappa shape index (κ1) is 21.2. The Balaban J connectivity index is 1.51. The summed E-state index contributed by atoms with van der Waals surface area (Å²) in [7, 11) is 0. The van der Waals surface area contributed by atoms with Gasteiger partial charge in [0.2, 0.25) is 5.91 Å². The topological polar surface area (TPSA) is 92.8 Å². The van der Waals surface area contributed by atoms with Gasteiger partial charge in [0, 0.05) is 11.3 Å². The highest BCUT2D eigenvalue weighted by Crippen LogP contribution is 2.23. The van der Waals surface area contributed by atoms with Crippen LogP contribution in [0.2, 0.25) is 0 Å². The van der Waals surface area contributed by atoms with Crippen LogP contribution in [0.1, 0.15) is 42.3 Å². The number of carbonyl (C=O) groups excluding carboxylic acids is 4. The Bertz CT molecular complexity index is 989. The lowest BCUT2D eigenvalue weighted by Crippen LogP contribution is -2.45. The molecule has 1 N–H and O–H groups in total. The second-order valence-electron chi connectivity index (χ2n) is 8.16. The lowest BCUT2D eigenvalue weighted by atomic mass is 9.87. The summed E-state index contributed by atoms with van der Waals surface area (Å²) in [6.07, 6.45) is 0.0419. The number of hydrogen-bond donors (Lipinski definition) is 1. The van der Waals surface area contributed by atoms with Gasteiger partial charge in [0.1, 0.15) is 6.54 Å². The Morgan fingerprint density at radius 1 is 1.03 bits per heavy atom. The van der Waals surface area contributed by atoms with Crippen molar-refractivity contribution in [3.63, 3.8) is 0 Å². The number of fused-ring (bicyclic) bond motifs is 1. The minimum Gasteiger partial charge on any atom is -0.454 e. The number of nitrogens with one attached hydrogen (secondary N) is 1. The van der Waals surface area contributed by atoms with Gasteiger partial charge in [0.05, 0.1) is 6.42 Å². The van der Waals surface area contributed by atoms with E-state index in [1.807, 2.05) is 12.1 Å². The Morgan fingerprint density at radius 3 is 2.37 bits per heavy atom. The molecule has 0 unspecified atom stereocenters. The Morgan fingerprint density at radius 2 is 1.70 bits per heavy atom. The van der Waals surface area contributed by atoms with Crippen LogP contribution in [-0.2, 0) is 31.0 Å². The van der Waals surface area contributed by atoms with Gasteiger partial charge in [-0.1, -0.05) is 51.1 Å². The average molecular weight is 408 g/mol. The lowest BCUT2D eigenvalue weighted by Gasteiger charge is -2.25. The monoisotopic (exact) mass is 408 g/mol. The normalized spacial score (nSPS) is 13.6. The zero-order chi connectivity index (χ0) is 21.9.